The molecule has 1 aromatic heterocycles. The number of benzene rings is 1. The molecule has 2 rings (SSSR count). The van der Waals surface area contributed by atoms with Crippen molar-refractivity contribution in [3.63, 3.8) is 0 Å². The fourth-order valence-corrected chi connectivity index (χ4v) is 1.96. The fourth-order valence-electron chi connectivity index (χ4n) is 1.96. The molecule has 0 aliphatic rings. The van der Waals surface area contributed by atoms with Crippen molar-refractivity contribution in [1.29, 1.82) is 0 Å². The summed E-state index contributed by atoms with van der Waals surface area (Å²) in [5.74, 6) is 1.15. The molecule has 0 aliphatic carbocycles. The van der Waals surface area contributed by atoms with Gasteiger partial charge in [0.15, 0.2) is 0 Å². The summed E-state index contributed by atoms with van der Waals surface area (Å²) in [4.78, 5) is 17.4. The van der Waals surface area contributed by atoms with Crippen LogP contribution in [0.2, 0.25) is 0 Å². The molecule has 0 saturated heterocycles. The summed E-state index contributed by atoms with van der Waals surface area (Å²) >= 11 is 0. The molecule has 0 saturated carbocycles. The lowest BCUT2D eigenvalue weighted by atomic mass is 10.1. The van der Waals surface area contributed by atoms with Gasteiger partial charge in [0, 0.05) is 26.4 Å². The molecule has 0 N–H and O–H groups in total. The average molecular weight is 284 g/mol. The number of pyridine rings is 1. The molecule has 0 spiro atoms. The largest absolute Gasteiger partial charge is 0.439 e. The lowest BCUT2D eigenvalue weighted by molar-refractivity contribution is 0.0827. The van der Waals surface area contributed by atoms with Gasteiger partial charge in [-0.2, -0.15) is 0 Å². The summed E-state index contributed by atoms with van der Waals surface area (Å²) in [6, 6.07) is 11.4. The quantitative estimate of drug-likeness (QED) is 0.843. The van der Waals surface area contributed by atoms with Crippen LogP contribution in [-0.2, 0) is 6.42 Å². The van der Waals surface area contributed by atoms with Crippen LogP contribution >= 0.6 is 0 Å². The lowest BCUT2D eigenvalue weighted by Gasteiger charge is -2.10. The van der Waals surface area contributed by atoms with Crippen LogP contribution in [0.15, 0.2) is 42.6 Å². The number of aromatic nitrogens is 1. The number of carbonyl (C=O) groups is 1. The molecule has 4 nitrogen and oxygen atoms in total. The normalized spacial score (nSPS) is 10.2. The number of carbonyl (C=O) groups excluding carboxylic acids is 1. The lowest BCUT2D eigenvalue weighted by Crippen LogP contribution is -2.21. The van der Waals surface area contributed by atoms with Gasteiger partial charge in [-0.25, -0.2) is 4.98 Å². The molecule has 110 valence electrons. The number of hydrogen-bond acceptors (Lipinski definition) is 3. The average Bonchev–Trinajstić information content (AvgIpc) is 2.49. The van der Waals surface area contributed by atoms with Crippen LogP contribution in [0.4, 0.5) is 0 Å². The van der Waals surface area contributed by atoms with Crippen molar-refractivity contribution in [2.75, 3.05) is 14.1 Å². The van der Waals surface area contributed by atoms with Crippen LogP contribution < -0.4 is 4.74 Å². The summed E-state index contributed by atoms with van der Waals surface area (Å²) in [6.07, 6.45) is 3.73. The Balaban J connectivity index is 2.04. The smallest absolute Gasteiger partial charge is 0.254 e. The minimum atomic E-state index is -0.0713. The molecule has 0 atom stereocenters. The van der Waals surface area contributed by atoms with Gasteiger partial charge in [-0.15, -0.1) is 0 Å². The zero-order valence-corrected chi connectivity index (χ0v) is 12.7. The number of rotatable bonds is 5. The van der Waals surface area contributed by atoms with Gasteiger partial charge in [0.05, 0.1) is 5.56 Å². The van der Waals surface area contributed by atoms with Crippen LogP contribution in [0.5, 0.6) is 11.6 Å². The van der Waals surface area contributed by atoms with E-state index in [0.29, 0.717) is 11.4 Å². The molecule has 4 heteroatoms. The Morgan fingerprint density at radius 1 is 1.14 bits per heavy atom. The molecule has 0 unspecified atom stereocenters. The predicted molar refractivity (Wildman–Crippen MR) is 82.8 cm³/mol. The van der Waals surface area contributed by atoms with Crippen LogP contribution in [0.1, 0.15) is 29.3 Å². The Morgan fingerprint density at radius 3 is 2.38 bits per heavy atom. The van der Waals surface area contributed by atoms with Gasteiger partial charge in [0.25, 0.3) is 5.91 Å². The first-order valence-electron chi connectivity index (χ1n) is 7.04. The number of ether oxygens (including phenoxy) is 1. The van der Waals surface area contributed by atoms with E-state index in [1.165, 1.54) is 16.7 Å². The number of hydrogen-bond donors (Lipinski definition) is 0. The van der Waals surface area contributed by atoms with E-state index in [1.807, 2.05) is 12.1 Å². The highest BCUT2D eigenvalue weighted by molar-refractivity contribution is 5.93. The van der Waals surface area contributed by atoms with Crippen molar-refractivity contribution in [3.8, 4) is 11.6 Å². The van der Waals surface area contributed by atoms with Gasteiger partial charge in [-0.3, -0.25) is 4.79 Å². The molecule has 0 radical (unpaired) electrons. The first kappa shape index (κ1) is 15.0. The highest BCUT2D eigenvalue weighted by Crippen LogP contribution is 2.20. The summed E-state index contributed by atoms with van der Waals surface area (Å²) in [7, 11) is 3.43. The monoisotopic (exact) mass is 284 g/mol. The molecule has 21 heavy (non-hydrogen) atoms. The third kappa shape index (κ3) is 4.05. The SMILES string of the molecule is CCCc1ccc(Oc2ccc(C(=O)N(C)C)cn2)cc1. The van der Waals surface area contributed by atoms with E-state index in [4.69, 9.17) is 4.74 Å². The Hall–Kier alpha value is -2.36. The topological polar surface area (TPSA) is 42.4 Å². The Kier molecular flexibility index (Phi) is 4.93. The number of amides is 1. The van der Waals surface area contributed by atoms with Gasteiger partial charge in [-0.1, -0.05) is 25.5 Å². The van der Waals surface area contributed by atoms with Crippen LogP contribution in [0.25, 0.3) is 0 Å². The molecular formula is C17H20N2O2. The van der Waals surface area contributed by atoms with E-state index in [0.717, 1.165) is 18.6 Å². The maximum atomic E-state index is 11.8. The first-order valence-corrected chi connectivity index (χ1v) is 7.04. The van der Waals surface area contributed by atoms with Gasteiger partial charge >= 0.3 is 0 Å². The second kappa shape index (κ2) is 6.88. The van der Waals surface area contributed by atoms with Crippen molar-refractivity contribution in [2.24, 2.45) is 0 Å². The van der Waals surface area contributed by atoms with E-state index in [-0.39, 0.29) is 5.91 Å². The van der Waals surface area contributed by atoms with E-state index >= 15 is 0 Å². The predicted octanol–water partition coefficient (Wildman–Crippen LogP) is 3.53. The second-order valence-corrected chi connectivity index (χ2v) is 5.08. The summed E-state index contributed by atoms with van der Waals surface area (Å²) in [5, 5.41) is 0. The zero-order chi connectivity index (χ0) is 15.2. The molecule has 1 amide bonds. The Labute approximate surface area is 125 Å². The van der Waals surface area contributed by atoms with Gasteiger partial charge in [0.1, 0.15) is 5.75 Å². The molecule has 2 aromatic rings. The first-order chi connectivity index (χ1) is 10.1. The second-order valence-electron chi connectivity index (χ2n) is 5.08. The molecule has 0 bridgehead atoms. The number of aryl methyl sites for hydroxylation is 1. The maximum absolute atomic E-state index is 11.8. The zero-order valence-electron chi connectivity index (χ0n) is 12.7. The van der Waals surface area contributed by atoms with E-state index < -0.39 is 0 Å². The van der Waals surface area contributed by atoms with E-state index in [9.17, 15) is 4.79 Å². The van der Waals surface area contributed by atoms with Crippen molar-refractivity contribution in [3.05, 3.63) is 53.7 Å². The minimum Gasteiger partial charge on any atom is -0.439 e. The van der Waals surface area contributed by atoms with Crippen LogP contribution in [0, 0.1) is 0 Å². The summed E-state index contributed by atoms with van der Waals surface area (Å²) in [5.41, 5.74) is 1.84. The highest BCUT2D eigenvalue weighted by Gasteiger charge is 2.08. The summed E-state index contributed by atoms with van der Waals surface area (Å²) in [6.45, 7) is 2.16. The molecule has 0 fully saturated rings. The number of nitrogens with zero attached hydrogens (tertiary/aromatic N) is 2. The van der Waals surface area contributed by atoms with E-state index in [1.54, 1.807) is 26.2 Å². The van der Waals surface area contributed by atoms with Crippen LogP contribution in [-0.4, -0.2) is 29.9 Å². The standard InChI is InChI=1S/C17H20N2O2/c1-4-5-13-6-9-15(10-7-13)21-16-11-8-14(12-18-16)17(20)19(2)3/h6-12H,4-5H2,1-3H3. The molecule has 1 aromatic carbocycles. The minimum absolute atomic E-state index is 0.0713. The Bertz CT molecular complexity index is 589. The third-order valence-electron chi connectivity index (χ3n) is 3.07. The Morgan fingerprint density at radius 2 is 1.86 bits per heavy atom. The molecular weight excluding hydrogens is 264 g/mol. The van der Waals surface area contributed by atoms with E-state index in [2.05, 4.69) is 24.0 Å². The summed E-state index contributed by atoms with van der Waals surface area (Å²) < 4.78 is 5.67. The molecule has 1 heterocycles. The molecule has 0 aliphatic heterocycles. The van der Waals surface area contributed by atoms with Crippen molar-refractivity contribution in [1.82, 2.24) is 9.88 Å². The van der Waals surface area contributed by atoms with Crippen molar-refractivity contribution >= 4 is 5.91 Å². The highest BCUT2D eigenvalue weighted by atomic mass is 16.5. The fraction of sp³-hybridized carbons (Fsp3) is 0.294. The van der Waals surface area contributed by atoms with Crippen molar-refractivity contribution in [2.45, 2.75) is 19.8 Å². The van der Waals surface area contributed by atoms with Gasteiger partial charge < -0.3 is 9.64 Å². The third-order valence-corrected chi connectivity index (χ3v) is 3.07. The van der Waals surface area contributed by atoms with Gasteiger partial charge in [-0.05, 0) is 30.2 Å². The van der Waals surface area contributed by atoms with Crippen molar-refractivity contribution < 1.29 is 9.53 Å². The van der Waals surface area contributed by atoms with Crippen LogP contribution in [0.3, 0.4) is 0 Å². The maximum Gasteiger partial charge on any atom is 0.254 e. The van der Waals surface area contributed by atoms with Gasteiger partial charge in [0.2, 0.25) is 5.88 Å².